The van der Waals surface area contributed by atoms with Crippen molar-refractivity contribution >= 4 is 0 Å². The molecular weight excluding hydrogens is 176 g/mol. The van der Waals surface area contributed by atoms with Crippen molar-refractivity contribution in [3.05, 3.63) is 0 Å². The van der Waals surface area contributed by atoms with Crippen LogP contribution in [0.3, 0.4) is 0 Å². The van der Waals surface area contributed by atoms with Crippen LogP contribution < -0.4 is 10.6 Å². The van der Waals surface area contributed by atoms with Crippen LogP contribution >= 0.6 is 0 Å². The van der Waals surface area contributed by atoms with Gasteiger partial charge in [0, 0.05) is 13.1 Å². The Labute approximate surface area is 68.3 Å². The Morgan fingerprint density at radius 2 is 1.83 bits per heavy atom. The van der Waals surface area contributed by atoms with E-state index in [-0.39, 0.29) is 6.54 Å². The smallest absolute Gasteiger partial charge is 0.318 e. The van der Waals surface area contributed by atoms with Crippen LogP contribution in [0.4, 0.5) is 17.6 Å². The Balaban J connectivity index is 3.47. The zero-order chi connectivity index (χ0) is 9.61. The maximum Gasteiger partial charge on any atom is 0.319 e. The Kier molecular flexibility index (Phi) is 5.16. The zero-order valence-electron chi connectivity index (χ0n) is 6.71. The molecule has 0 aliphatic rings. The lowest BCUT2D eigenvalue weighted by molar-refractivity contribution is -0.125. The van der Waals surface area contributed by atoms with E-state index in [1.54, 1.807) is 7.05 Å². The standard InChI is InChI=1S/C6H12F4N2/c1-11-2-3-12-4-6(9,10)5(7)8/h5,11-12H,2-4H2,1H3. The first-order valence-corrected chi connectivity index (χ1v) is 3.52. The highest BCUT2D eigenvalue weighted by Gasteiger charge is 2.39. The van der Waals surface area contributed by atoms with Crippen LogP contribution in [0, 0.1) is 0 Å². The van der Waals surface area contributed by atoms with Crippen LogP contribution in [0.25, 0.3) is 0 Å². The summed E-state index contributed by atoms with van der Waals surface area (Å²) in [6.45, 7) is -0.259. The molecule has 0 aliphatic carbocycles. The Bertz CT molecular complexity index is 118. The number of hydrogen-bond donors (Lipinski definition) is 2. The summed E-state index contributed by atoms with van der Waals surface area (Å²) in [7, 11) is 1.65. The molecule has 0 aromatic rings. The van der Waals surface area contributed by atoms with Crippen molar-refractivity contribution in [1.82, 2.24) is 10.6 Å². The maximum atomic E-state index is 12.1. The highest BCUT2D eigenvalue weighted by atomic mass is 19.3. The van der Waals surface area contributed by atoms with Gasteiger partial charge in [0.25, 0.3) is 0 Å². The third-order valence-electron chi connectivity index (χ3n) is 1.23. The molecular formula is C6H12F4N2. The third kappa shape index (κ3) is 4.50. The van der Waals surface area contributed by atoms with Crippen LogP contribution in [0.5, 0.6) is 0 Å². The van der Waals surface area contributed by atoms with Crippen molar-refractivity contribution in [2.45, 2.75) is 12.3 Å². The van der Waals surface area contributed by atoms with Crippen molar-refractivity contribution in [1.29, 1.82) is 0 Å². The number of likely N-dealkylation sites (N-methyl/N-ethyl adjacent to an activating group) is 1. The van der Waals surface area contributed by atoms with Crippen LogP contribution in [-0.4, -0.2) is 39.0 Å². The first-order valence-electron chi connectivity index (χ1n) is 3.52. The van der Waals surface area contributed by atoms with Gasteiger partial charge < -0.3 is 10.6 Å². The van der Waals surface area contributed by atoms with E-state index in [1.165, 1.54) is 0 Å². The molecule has 0 heterocycles. The lowest BCUT2D eigenvalue weighted by Crippen LogP contribution is -2.40. The highest BCUT2D eigenvalue weighted by molar-refractivity contribution is 4.71. The molecule has 0 aromatic carbocycles. The molecule has 2 N–H and O–H groups in total. The predicted octanol–water partition coefficient (Wildman–Crippen LogP) is 0.696. The average molecular weight is 188 g/mol. The first-order chi connectivity index (χ1) is 5.50. The first kappa shape index (κ1) is 11.6. The fourth-order valence-corrected chi connectivity index (χ4v) is 0.546. The van der Waals surface area contributed by atoms with Gasteiger partial charge in [0.2, 0.25) is 0 Å². The van der Waals surface area contributed by atoms with Crippen molar-refractivity contribution in [2.24, 2.45) is 0 Å². The summed E-state index contributed by atoms with van der Waals surface area (Å²) in [4.78, 5) is 0. The molecule has 2 nitrogen and oxygen atoms in total. The molecule has 74 valence electrons. The number of rotatable bonds is 6. The second-order valence-electron chi connectivity index (χ2n) is 2.34. The van der Waals surface area contributed by atoms with E-state index in [2.05, 4.69) is 10.6 Å². The minimum Gasteiger partial charge on any atom is -0.318 e. The minimum atomic E-state index is -3.92. The summed E-state index contributed by atoms with van der Waals surface area (Å²) in [5.41, 5.74) is 0. The second-order valence-corrected chi connectivity index (χ2v) is 2.34. The van der Waals surface area contributed by atoms with Gasteiger partial charge in [0.1, 0.15) is 0 Å². The van der Waals surface area contributed by atoms with Crippen LogP contribution in [0.2, 0.25) is 0 Å². The Morgan fingerprint density at radius 1 is 1.25 bits per heavy atom. The number of nitrogens with one attached hydrogen (secondary N) is 2. The normalized spacial score (nSPS) is 12.5. The lowest BCUT2D eigenvalue weighted by atomic mass is 10.3. The lowest BCUT2D eigenvalue weighted by Gasteiger charge is -2.15. The minimum absolute atomic E-state index is 0.249. The fraction of sp³-hybridized carbons (Fsp3) is 1.00. The van der Waals surface area contributed by atoms with E-state index in [1.807, 2.05) is 0 Å². The van der Waals surface area contributed by atoms with Crippen molar-refractivity contribution in [3.8, 4) is 0 Å². The Hall–Kier alpha value is -0.360. The summed E-state index contributed by atoms with van der Waals surface area (Å²) in [6, 6.07) is 0. The monoisotopic (exact) mass is 188 g/mol. The van der Waals surface area contributed by atoms with Gasteiger partial charge in [0.15, 0.2) is 0 Å². The molecule has 0 spiro atoms. The number of halogens is 4. The van der Waals surface area contributed by atoms with E-state index in [0.29, 0.717) is 6.54 Å². The van der Waals surface area contributed by atoms with Crippen LogP contribution in [0.15, 0.2) is 0 Å². The van der Waals surface area contributed by atoms with E-state index in [0.717, 1.165) is 0 Å². The van der Waals surface area contributed by atoms with Gasteiger partial charge >= 0.3 is 12.3 Å². The molecule has 0 aliphatic heterocycles. The number of hydrogen-bond acceptors (Lipinski definition) is 2. The van der Waals surface area contributed by atoms with E-state index in [4.69, 9.17) is 0 Å². The molecule has 6 heteroatoms. The number of alkyl halides is 4. The molecule has 0 fully saturated rings. The van der Waals surface area contributed by atoms with Crippen molar-refractivity contribution in [3.63, 3.8) is 0 Å². The van der Waals surface area contributed by atoms with Gasteiger partial charge in [-0.1, -0.05) is 0 Å². The fourth-order valence-electron chi connectivity index (χ4n) is 0.546. The molecule has 0 radical (unpaired) electrons. The topological polar surface area (TPSA) is 24.1 Å². The molecule has 0 unspecified atom stereocenters. The summed E-state index contributed by atoms with van der Waals surface area (Å²) in [5, 5.41) is 4.90. The second kappa shape index (κ2) is 5.31. The summed E-state index contributed by atoms with van der Waals surface area (Å²) in [5.74, 6) is -3.92. The average Bonchev–Trinajstić information content (AvgIpc) is 1.98. The van der Waals surface area contributed by atoms with Crippen molar-refractivity contribution < 1.29 is 17.6 Å². The largest absolute Gasteiger partial charge is 0.319 e. The van der Waals surface area contributed by atoms with Gasteiger partial charge in [-0.15, -0.1) is 0 Å². The molecule has 0 aromatic heterocycles. The quantitative estimate of drug-likeness (QED) is 0.473. The van der Waals surface area contributed by atoms with Crippen LogP contribution in [0.1, 0.15) is 0 Å². The van der Waals surface area contributed by atoms with Gasteiger partial charge in [-0.05, 0) is 7.05 Å². The molecule has 0 rings (SSSR count). The summed E-state index contributed by atoms with van der Waals surface area (Å²) in [6.07, 6.45) is -3.60. The third-order valence-corrected chi connectivity index (χ3v) is 1.23. The van der Waals surface area contributed by atoms with Gasteiger partial charge in [-0.25, -0.2) is 8.78 Å². The highest BCUT2D eigenvalue weighted by Crippen LogP contribution is 2.21. The summed E-state index contributed by atoms with van der Waals surface area (Å²) >= 11 is 0. The van der Waals surface area contributed by atoms with E-state index >= 15 is 0 Å². The SMILES string of the molecule is CNCCNCC(F)(F)C(F)F. The molecule has 12 heavy (non-hydrogen) atoms. The van der Waals surface area contributed by atoms with E-state index in [9.17, 15) is 17.6 Å². The molecule has 0 bridgehead atoms. The molecule has 0 saturated heterocycles. The Morgan fingerprint density at radius 3 is 2.25 bits per heavy atom. The molecule has 0 amide bonds. The predicted molar refractivity (Wildman–Crippen MR) is 37.7 cm³/mol. The van der Waals surface area contributed by atoms with Crippen LogP contribution in [-0.2, 0) is 0 Å². The van der Waals surface area contributed by atoms with Gasteiger partial charge in [-0.3, -0.25) is 0 Å². The molecule has 0 saturated carbocycles. The van der Waals surface area contributed by atoms with Gasteiger partial charge in [-0.2, -0.15) is 8.78 Å². The zero-order valence-corrected chi connectivity index (χ0v) is 6.71. The van der Waals surface area contributed by atoms with Gasteiger partial charge in [0.05, 0.1) is 6.54 Å². The summed E-state index contributed by atoms with van der Waals surface area (Å²) < 4.78 is 47.3. The maximum absolute atomic E-state index is 12.1. The van der Waals surface area contributed by atoms with Crippen molar-refractivity contribution in [2.75, 3.05) is 26.7 Å². The molecule has 0 atom stereocenters. The van der Waals surface area contributed by atoms with E-state index < -0.39 is 18.9 Å².